The Hall–Kier alpha value is -2.33. The van der Waals surface area contributed by atoms with Crippen LogP contribution in [0.4, 0.5) is 30.7 Å². The molecule has 0 aliphatic rings. The molecule has 4 nitrogen and oxygen atoms in total. The van der Waals surface area contributed by atoms with Gasteiger partial charge in [-0.2, -0.15) is 30.7 Å². The number of ether oxygens (including phenoxy) is 2. The van der Waals surface area contributed by atoms with Gasteiger partial charge < -0.3 is 9.47 Å². The number of hydrogen-bond donors (Lipinski definition) is 0. The summed E-state index contributed by atoms with van der Waals surface area (Å²) in [4.78, 5) is 24.3. The number of alkyl halides is 7. The number of benzene rings is 1. The van der Waals surface area contributed by atoms with Crippen molar-refractivity contribution in [2.24, 2.45) is 0 Å². The van der Waals surface area contributed by atoms with E-state index in [1.54, 1.807) is 0 Å². The number of unbranched alkanes of at least 4 members (excludes halogenated alkanes) is 8. The van der Waals surface area contributed by atoms with Gasteiger partial charge in [0.25, 0.3) is 0 Å². The van der Waals surface area contributed by atoms with Crippen molar-refractivity contribution < 1.29 is 49.8 Å². The molecule has 0 saturated heterocycles. The predicted octanol–water partition coefficient (Wildman–Crippen LogP) is 7.36. The number of halogens is 7. The maximum Gasteiger partial charge on any atom is 0.460 e. The second-order valence-electron chi connectivity index (χ2n) is 7.86. The molecule has 0 N–H and O–H groups in total. The van der Waals surface area contributed by atoms with Gasteiger partial charge in [0, 0.05) is 0 Å². The van der Waals surface area contributed by atoms with Gasteiger partial charge in [-0.05, 0) is 18.6 Å². The van der Waals surface area contributed by atoms with Gasteiger partial charge in [0.2, 0.25) is 0 Å². The molecule has 0 saturated carbocycles. The van der Waals surface area contributed by atoms with E-state index in [1.165, 1.54) is 37.8 Å². The molecule has 0 spiro atoms. The topological polar surface area (TPSA) is 52.6 Å². The van der Waals surface area contributed by atoms with Crippen molar-refractivity contribution in [1.29, 1.82) is 0 Å². The third kappa shape index (κ3) is 8.79. The Morgan fingerprint density at radius 3 is 1.62 bits per heavy atom. The molecule has 0 atom stereocenters. The Morgan fingerprint density at radius 1 is 0.706 bits per heavy atom. The van der Waals surface area contributed by atoms with E-state index >= 15 is 0 Å². The lowest BCUT2D eigenvalue weighted by Gasteiger charge is -2.27. The summed E-state index contributed by atoms with van der Waals surface area (Å²) >= 11 is 0. The fourth-order valence-corrected chi connectivity index (χ4v) is 3.03. The summed E-state index contributed by atoms with van der Waals surface area (Å²) in [5.41, 5.74) is -0.972. The minimum absolute atomic E-state index is 0.0356. The molecule has 194 valence electrons. The summed E-state index contributed by atoms with van der Waals surface area (Å²) in [6.45, 7) is -0.352. The van der Waals surface area contributed by atoms with E-state index in [0.29, 0.717) is 6.42 Å². The Morgan fingerprint density at radius 2 is 1.15 bits per heavy atom. The second-order valence-corrected chi connectivity index (χ2v) is 7.86. The summed E-state index contributed by atoms with van der Waals surface area (Å²) in [6, 6.07) is 4.67. The highest BCUT2D eigenvalue weighted by Crippen LogP contribution is 2.46. The van der Waals surface area contributed by atoms with Crippen LogP contribution in [0.2, 0.25) is 0 Å². The molecule has 0 unspecified atom stereocenters. The van der Waals surface area contributed by atoms with Crippen LogP contribution >= 0.6 is 0 Å². The van der Waals surface area contributed by atoms with Crippen molar-refractivity contribution in [1.82, 2.24) is 0 Å². The van der Waals surface area contributed by atoms with Gasteiger partial charge in [-0.3, -0.25) is 0 Å². The van der Waals surface area contributed by atoms with Gasteiger partial charge >= 0.3 is 30.0 Å². The quantitative estimate of drug-likeness (QED) is 0.143. The van der Waals surface area contributed by atoms with Gasteiger partial charge in [0.1, 0.15) is 0 Å². The van der Waals surface area contributed by atoms with Crippen LogP contribution in [0.25, 0.3) is 0 Å². The fourth-order valence-electron chi connectivity index (χ4n) is 3.03. The van der Waals surface area contributed by atoms with Gasteiger partial charge in [0.15, 0.2) is 6.61 Å². The first-order valence-corrected chi connectivity index (χ1v) is 11.1. The average molecular weight is 502 g/mol. The first kappa shape index (κ1) is 29.7. The number of rotatable bonds is 15. The van der Waals surface area contributed by atoms with Crippen molar-refractivity contribution in [3.63, 3.8) is 0 Å². The minimum atomic E-state index is -6.54. The number of carbonyl (C=O) groups excluding carboxylic acids is 2. The van der Waals surface area contributed by atoms with Crippen LogP contribution in [0.1, 0.15) is 85.4 Å². The van der Waals surface area contributed by atoms with E-state index < -0.39 is 42.1 Å². The molecule has 0 radical (unpaired) electrons. The molecule has 1 aromatic carbocycles. The van der Waals surface area contributed by atoms with E-state index in [0.717, 1.165) is 37.8 Å². The van der Waals surface area contributed by atoms with E-state index in [-0.39, 0.29) is 12.2 Å². The number of hydrogen-bond acceptors (Lipinski definition) is 4. The summed E-state index contributed by atoms with van der Waals surface area (Å²) in [7, 11) is 0. The van der Waals surface area contributed by atoms with Crippen LogP contribution in [0, 0.1) is 0 Å². The van der Waals surface area contributed by atoms with Gasteiger partial charge in [0.05, 0.1) is 17.7 Å². The fraction of sp³-hybridized carbons (Fsp3) is 0.652. The summed E-state index contributed by atoms with van der Waals surface area (Å²) in [5.74, 6) is -14.7. The van der Waals surface area contributed by atoms with Crippen molar-refractivity contribution in [2.75, 3.05) is 13.2 Å². The maximum atomic E-state index is 13.4. The van der Waals surface area contributed by atoms with E-state index in [1.807, 2.05) is 0 Å². The Kier molecular flexibility index (Phi) is 11.8. The van der Waals surface area contributed by atoms with Crippen molar-refractivity contribution in [3.8, 4) is 0 Å². The molecular formula is C23H29F7O4. The molecule has 0 amide bonds. The third-order valence-electron chi connectivity index (χ3n) is 5.05. The lowest BCUT2D eigenvalue weighted by molar-refractivity contribution is -0.359. The van der Waals surface area contributed by atoms with E-state index in [9.17, 15) is 40.3 Å². The zero-order valence-corrected chi connectivity index (χ0v) is 18.9. The first-order chi connectivity index (χ1) is 15.8. The predicted molar refractivity (Wildman–Crippen MR) is 110 cm³/mol. The van der Waals surface area contributed by atoms with Gasteiger partial charge in [-0.15, -0.1) is 0 Å². The molecule has 11 heteroatoms. The SMILES string of the molecule is CCCCCCCCCCCOC(=O)c1ccccc1C(=O)OCC(F)(F)C(F)(F)C(F)(F)F. The molecule has 0 aliphatic heterocycles. The molecule has 34 heavy (non-hydrogen) atoms. The van der Waals surface area contributed by atoms with Crippen molar-refractivity contribution in [2.45, 2.75) is 82.7 Å². The normalized spacial score (nSPS) is 12.5. The molecule has 1 aromatic rings. The lowest BCUT2D eigenvalue weighted by atomic mass is 10.1. The lowest BCUT2D eigenvalue weighted by Crippen LogP contribution is -2.54. The Balaban J connectivity index is 2.56. The average Bonchev–Trinajstić information content (AvgIpc) is 2.77. The van der Waals surface area contributed by atoms with Crippen LogP contribution in [-0.4, -0.2) is 43.2 Å². The molecule has 0 fully saturated rings. The zero-order chi connectivity index (χ0) is 25.8. The highest BCUT2D eigenvalue weighted by atomic mass is 19.4. The minimum Gasteiger partial charge on any atom is -0.462 e. The zero-order valence-electron chi connectivity index (χ0n) is 18.9. The Labute approximate surface area is 193 Å². The molecule has 0 aromatic heterocycles. The Bertz CT molecular complexity index is 779. The standard InChI is InChI=1S/C23H29F7O4/c1-2-3-4-5-6-7-8-9-12-15-33-19(31)17-13-10-11-14-18(17)20(32)34-16-21(24,25)22(26,27)23(28,29)30/h10-11,13-14H,2-9,12,15-16H2,1H3. The molecule has 1 rings (SSSR count). The monoisotopic (exact) mass is 502 g/mol. The first-order valence-electron chi connectivity index (χ1n) is 11.1. The van der Waals surface area contributed by atoms with Crippen LogP contribution in [0.3, 0.4) is 0 Å². The van der Waals surface area contributed by atoms with Crippen molar-refractivity contribution >= 4 is 11.9 Å². The highest BCUT2D eigenvalue weighted by molar-refractivity contribution is 6.03. The smallest absolute Gasteiger partial charge is 0.460 e. The maximum absolute atomic E-state index is 13.4. The highest BCUT2D eigenvalue weighted by Gasteiger charge is 2.73. The number of esters is 2. The van der Waals surface area contributed by atoms with Crippen LogP contribution in [0.5, 0.6) is 0 Å². The molecule has 0 aliphatic carbocycles. The molecule has 0 bridgehead atoms. The van der Waals surface area contributed by atoms with Gasteiger partial charge in [-0.25, -0.2) is 9.59 Å². The van der Waals surface area contributed by atoms with E-state index in [4.69, 9.17) is 4.74 Å². The van der Waals surface area contributed by atoms with Crippen LogP contribution in [0.15, 0.2) is 24.3 Å². The number of carbonyl (C=O) groups is 2. The summed E-state index contributed by atoms with van der Waals surface area (Å²) in [5, 5.41) is 0. The molecular weight excluding hydrogens is 473 g/mol. The van der Waals surface area contributed by atoms with Crippen LogP contribution in [-0.2, 0) is 9.47 Å². The summed E-state index contributed by atoms with van der Waals surface area (Å²) in [6.07, 6.45) is 2.75. The second kappa shape index (κ2) is 13.5. The molecule has 0 heterocycles. The van der Waals surface area contributed by atoms with Crippen LogP contribution < -0.4 is 0 Å². The van der Waals surface area contributed by atoms with E-state index in [2.05, 4.69) is 11.7 Å². The summed E-state index contributed by atoms with van der Waals surface area (Å²) < 4.78 is 98.3. The van der Waals surface area contributed by atoms with Crippen molar-refractivity contribution in [3.05, 3.63) is 35.4 Å². The largest absolute Gasteiger partial charge is 0.462 e. The third-order valence-corrected chi connectivity index (χ3v) is 5.05. The van der Waals surface area contributed by atoms with Gasteiger partial charge in [-0.1, -0.05) is 70.4 Å².